The molecule has 0 spiro atoms. The van der Waals surface area contributed by atoms with Gasteiger partial charge in [-0.2, -0.15) is 0 Å². The normalized spacial score (nSPS) is 12.4. The van der Waals surface area contributed by atoms with Crippen molar-refractivity contribution in [2.75, 3.05) is 17.4 Å². The number of anilines is 1. The Bertz CT molecular complexity index is 930. The minimum absolute atomic E-state index is 0.0125. The third-order valence-electron chi connectivity index (χ3n) is 5.15. The van der Waals surface area contributed by atoms with Crippen molar-refractivity contribution in [3.8, 4) is 0 Å². The summed E-state index contributed by atoms with van der Waals surface area (Å²) in [7, 11) is -4.11. The third-order valence-corrected chi connectivity index (χ3v) is 6.92. The molecule has 0 aromatic heterocycles. The van der Waals surface area contributed by atoms with Gasteiger partial charge < -0.3 is 5.32 Å². The van der Waals surface area contributed by atoms with Crippen LogP contribution in [0.2, 0.25) is 0 Å². The Hall–Kier alpha value is -2.41. The van der Waals surface area contributed by atoms with Gasteiger partial charge in [0.2, 0.25) is 5.91 Å². The van der Waals surface area contributed by atoms with Crippen molar-refractivity contribution in [2.24, 2.45) is 5.92 Å². The summed E-state index contributed by atoms with van der Waals surface area (Å²) in [4.78, 5) is 12.6. The molecule has 0 fully saturated rings. The lowest BCUT2D eigenvalue weighted by Crippen LogP contribution is -2.42. The van der Waals surface area contributed by atoms with Crippen molar-refractivity contribution in [1.29, 1.82) is 0 Å². The second-order valence-electron chi connectivity index (χ2n) is 7.50. The Morgan fingerprint density at radius 3 is 2.37 bits per heavy atom. The monoisotopic (exact) mass is 434 g/mol. The van der Waals surface area contributed by atoms with Crippen LogP contribution in [0.3, 0.4) is 0 Å². The summed E-state index contributed by atoms with van der Waals surface area (Å²) in [5.41, 5.74) is 0.757. The average molecular weight is 435 g/mol. The van der Waals surface area contributed by atoms with E-state index in [1.807, 2.05) is 6.92 Å². The zero-order chi connectivity index (χ0) is 22.1. The Labute approximate surface area is 179 Å². The number of carbonyl (C=O) groups excluding carboxylic acids is 1. The number of nitrogens with zero attached hydrogens (tertiary/aromatic N) is 1. The maximum Gasteiger partial charge on any atom is 0.264 e. The molecule has 0 radical (unpaired) electrons. The summed E-state index contributed by atoms with van der Waals surface area (Å²) in [6.45, 7) is 6.03. The van der Waals surface area contributed by atoms with Crippen LogP contribution in [0.1, 0.15) is 45.1 Å². The third kappa shape index (κ3) is 6.29. The van der Waals surface area contributed by atoms with Crippen molar-refractivity contribution < 1.29 is 17.6 Å². The molecule has 0 bridgehead atoms. The minimum atomic E-state index is -4.11. The van der Waals surface area contributed by atoms with Crippen molar-refractivity contribution in [3.05, 3.63) is 59.9 Å². The van der Waals surface area contributed by atoms with Crippen LogP contribution in [0.15, 0.2) is 53.4 Å². The fraction of sp³-hybridized carbons (Fsp3) is 0.435. The average Bonchev–Trinajstić information content (AvgIpc) is 2.73. The quantitative estimate of drug-likeness (QED) is 0.559. The lowest BCUT2D eigenvalue weighted by molar-refractivity contribution is -0.119. The number of rotatable bonds is 11. The molecule has 0 aliphatic rings. The number of sulfonamides is 1. The molecular weight excluding hydrogens is 403 g/mol. The van der Waals surface area contributed by atoms with Gasteiger partial charge in [0.1, 0.15) is 12.4 Å². The van der Waals surface area contributed by atoms with Gasteiger partial charge in [0, 0.05) is 6.54 Å². The molecule has 0 heterocycles. The summed E-state index contributed by atoms with van der Waals surface area (Å²) in [5, 5.41) is 2.83. The molecular formula is C23H31FN2O3S. The first kappa shape index (κ1) is 23.9. The number of unbranched alkanes of at least 4 members (excludes halogenated alkanes) is 1. The highest BCUT2D eigenvalue weighted by molar-refractivity contribution is 7.92. The van der Waals surface area contributed by atoms with Crippen LogP contribution in [-0.2, 0) is 14.8 Å². The Kier molecular flexibility index (Phi) is 8.84. The van der Waals surface area contributed by atoms with Gasteiger partial charge in [-0.3, -0.25) is 9.10 Å². The van der Waals surface area contributed by atoms with Crippen LogP contribution in [0.5, 0.6) is 0 Å². The zero-order valence-corrected chi connectivity index (χ0v) is 18.7. The number of carbonyl (C=O) groups is 1. The number of halogens is 1. The maximum atomic E-state index is 14.5. The van der Waals surface area contributed by atoms with Gasteiger partial charge in [0.25, 0.3) is 10.0 Å². The molecule has 2 aromatic rings. The molecule has 30 heavy (non-hydrogen) atoms. The summed E-state index contributed by atoms with van der Waals surface area (Å²) < 4.78 is 41.8. The van der Waals surface area contributed by atoms with Crippen LogP contribution in [-0.4, -0.2) is 27.4 Å². The number of hydrogen-bond donors (Lipinski definition) is 1. The summed E-state index contributed by atoms with van der Waals surface area (Å²) in [6, 6.07) is 11.9. The topological polar surface area (TPSA) is 66.5 Å². The van der Waals surface area contributed by atoms with Crippen LogP contribution >= 0.6 is 0 Å². The fourth-order valence-electron chi connectivity index (χ4n) is 3.18. The van der Waals surface area contributed by atoms with E-state index < -0.39 is 28.3 Å². The van der Waals surface area contributed by atoms with Crippen LogP contribution in [0.4, 0.5) is 10.1 Å². The van der Waals surface area contributed by atoms with Crippen LogP contribution in [0, 0.1) is 18.7 Å². The highest BCUT2D eigenvalue weighted by atomic mass is 32.2. The lowest BCUT2D eigenvalue weighted by atomic mass is 9.99. The number of amides is 1. The molecule has 7 heteroatoms. The standard InChI is InChI=1S/C23H31FN2O3S/c1-4-6-9-19(5-2)16-25-23(27)17-26(22-11-8-7-10-21(22)24)30(28,29)20-14-12-18(3)13-15-20/h7-8,10-15,19H,4-6,9,16-17H2,1-3H3,(H,25,27)/t19-/m1/s1. The highest BCUT2D eigenvalue weighted by Crippen LogP contribution is 2.26. The molecule has 0 aliphatic carbocycles. The van der Waals surface area contributed by atoms with E-state index in [9.17, 15) is 17.6 Å². The molecule has 0 unspecified atom stereocenters. The molecule has 0 saturated carbocycles. The van der Waals surface area contributed by atoms with Crippen molar-refractivity contribution >= 4 is 21.6 Å². The van der Waals surface area contributed by atoms with E-state index in [1.54, 1.807) is 18.2 Å². The molecule has 1 atom stereocenters. The highest BCUT2D eigenvalue weighted by Gasteiger charge is 2.29. The summed E-state index contributed by atoms with van der Waals surface area (Å²) in [6.07, 6.45) is 4.10. The summed E-state index contributed by atoms with van der Waals surface area (Å²) >= 11 is 0. The van der Waals surface area contributed by atoms with Gasteiger partial charge in [0.15, 0.2) is 0 Å². The molecule has 5 nitrogen and oxygen atoms in total. The first-order chi connectivity index (χ1) is 14.3. The van der Waals surface area contributed by atoms with E-state index in [-0.39, 0.29) is 10.6 Å². The fourth-order valence-corrected chi connectivity index (χ4v) is 4.61. The van der Waals surface area contributed by atoms with Gasteiger partial charge in [-0.05, 0) is 43.5 Å². The Morgan fingerprint density at radius 1 is 1.10 bits per heavy atom. The predicted molar refractivity (Wildman–Crippen MR) is 118 cm³/mol. The van der Waals surface area contributed by atoms with Gasteiger partial charge in [-0.25, -0.2) is 12.8 Å². The maximum absolute atomic E-state index is 14.5. The van der Waals surface area contributed by atoms with E-state index in [0.29, 0.717) is 12.5 Å². The number of aryl methyl sites for hydroxylation is 1. The number of nitrogens with one attached hydrogen (secondary N) is 1. The molecule has 1 amide bonds. The van der Waals surface area contributed by atoms with Crippen molar-refractivity contribution in [3.63, 3.8) is 0 Å². The van der Waals surface area contributed by atoms with Crippen LogP contribution in [0.25, 0.3) is 0 Å². The largest absolute Gasteiger partial charge is 0.354 e. The number of hydrogen-bond acceptors (Lipinski definition) is 3. The second kappa shape index (κ2) is 11.1. The predicted octanol–water partition coefficient (Wildman–Crippen LogP) is 4.66. The SMILES string of the molecule is CCCC[C@@H](CC)CNC(=O)CN(c1ccccc1F)S(=O)(=O)c1ccc(C)cc1. The van der Waals surface area contributed by atoms with Crippen molar-refractivity contribution in [1.82, 2.24) is 5.32 Å². The van der Waals surface area contributed by atoms with E-state index >= 15 is 0 Å². The Balaban J connectivity index is 2.26. The van der Waals surface area contributed by atoms with Gasteiger partial charge in [-0.15, -0.1) is 0 Å². The molecule has 2 rings (SSSR count). The molecule has 0 saturated heterocycles. The van der Waals surface area contributed by atoms with Gasteiger partial charge in [0.05, 0.1) is 10.6 Å². The lowest BCUT2D eigenvalue weighted by Gasteiger charge is -2.25. The molecule has 0 aliphatic heterocycles. The van der Waals surface area contributed by atoms with Crippen molar-refractivity contribution in [2.45, 2.75) is 51.3 Å². The molecule has 1 N–H and O–H groups in total. The smallest absolute Gasteiger partial charge is 0.264 e. The van der Waals surface area contributed by atoms with E-state index in [0.717, 1.165) is 35.6 Å². The van der Waals surface area contributed by atoms with E-state index in [2.05, 4.69) is 19.2 Å². The first-order valence-corrected chi connectivity index (χ1v) is 11.8. The minimum Gasteiger partial charge on any atom is -0.354 e. The van der Waals surface area contributed by atoms with Gasteiger partial charge in [-0.1, -0.05) is 62.9 Å². The van der Waals surface area contributed by atoms with Gasteiger partial charge >= 0.3 is 0 Å². The first-order valence-electron chi connectivity index (χ1n) is 10.4. The van der Waals surface area contributed by atoms with Crippen LogP contribution < -0.4 is 9.62 Å². The van der Waals surface area contributed by atoms with E-state index in [4.69, 9.17) is 0 Å². The Morgan fingerprint density at radius 2 is 1.77 bits per heavy atom. The number of benzene rings is 2. The second-order valence-corrected chi connectivity index (χ2v) is 9.36. The number of para-hydroxylation sites is 1. The van der Waals surface area contributed by atoms with E-state index in [1.165, 1.54) is 30.3 Å². The molecule has 164 valence electrons. The summed E-state index contributed by atoms with van der Waals surface area (Å²) in [5.74, 6) is -0.816. The zero-order valence-electron chi connectivity index (χ0n) is 17.9. The molecule has 2 aromatic carbocycles.